The Hall–Kier alpha value is -2.50. The zero-order valence-corrected chi connectivity index (χ0v) is 11.8. The predicted molar refractivity (Wildman–Crippen MR) is 78.4 cm³/mol. The molecule has 1 N–H and O–H groups in total. The first-order valence-electron chi connectivity index (χ1n) is 6.86. The highest BCUT2D eigenvalue weighted by Gasteiger charge is 2.22. The van der Waals surface area contributed by atoms with E-state index in [2.05, 4.69) is 4.98 Å². The number of carbonyl (C=O) groups is 2. The van der Waals surface area contributed by atoms with Crippen LogP contribution in [0.3, 0.4) is 0 Å². The van der Waals surface area contributed by atoms with Crippen LogP contribution in [0.4, 0.5) is 0 Å². The number of nitrogens with one attached hydrogen (secondary N) is 1. The van der Waals surface area contributed by atoms with Gasteiger partial charge in [0.05, 0.1) is 7.11 Å². The number of methoxy groups -OCH3 is 1. The third kappa shape index (κ3) is 2.56. The maximum atomic E-state index is 12.5. The minimum atomic E-state index is -0.0317. The molecule has 3 rings (SSSR count). The number of hydrogen-bond acceptors (Lipinski definition) is 3. The minimum absolute atomic E-state index is 0.0317. The highest BCUT2D eigenvalue weighted by Crippen LogP contribution is 2.22. The van der Waals surface area contributed by atoms with Gasteiger partial charge in [0.2, 0.25) is 6.41 Å². The van der Waals surface area contributed by atoms with E-state index in [-0.39, 0.29) is 5.91 Å². The summed E-state index contributed by atoms with van der Waals surface area (Å²) in [7, 11) is 1.62. The first-order valence-corrected chi connectivity index (χ1v) is 6.86. The molecular weight excluding hydrogens is 270 g/mol. The van der Waals surface area contributed by atoms with Crippen molar-refractivity contribution < 1.29 is 14.3 Å². The second-order valence-electron chi connectivity index (χ2n) is 5.07. The third-order valence-electron chi connectivity index (χ3n) is 3.81. The fraction of sp³-hybridized carbons (Fsp3) is 0.333. The van der Waals surface area contributed by atoms with Gasteiger partial charge in [-0.2, -0.15) is 0 Å². The van der Waals surface area contributed by atoms with E-state index in [0.29, 0.717) is 31.9 Å². The van der Waals surface area contributed by atoms with E-state index in [9.17, 15) is 9.59 Å². The normalized spacial score (nSPS) is 15.3. The molecule has 2 amide bonds. The van der Waals surface area contributed by atoms with E-state index in [1.807, 2.05) is 24.3 Å². The van der Waals surface area contributed by atoms with Crippen molar-refractivity contribution in [1.29, 1.82) is 0 Å². The quantitative estimate of drug-likeness (QED) is 0.859. The Morgan fingerprint density at radius 2 is 2.00 bits per heavy atom. The lowest BCUT2D eigenvalue weighted by Gasteiger charge is -2.32. The molecule has 1 aliphatic rings. The van der Waals surface area contributed by atoms with Crippen molar-refractivity contribution in [3.05, 3.63) is 30.0 Å². The lowest BCUT2D eigenvalue weighted by atomic mass is 10.2. The first-order chi connectivity index (χ1) is 10.2. The molecule has 0 aliphatic carbocycles. The SMILES string of the molecule is COc1ccc2[nH]c(C(=O)N3CCN(C=O)CC3)cc2c1. The van der Waals surface area contributed by atoms with Crippen LogP contribution in [0.15, 0.2) is 24.3 Å². The average Bonchev–Trinajstić information content (AvgIpc) is 2.97. The Kier molecular flexibility index (Phi) is 3.51. The van der Waals surface area contributed by atoms with Crippen molar-refractivity contribution in [2.24, 2.45) is 0 Å². The fourth-order valence-electron chi connectivity index (χ4n) is 2.55. The van der Waals surface area contributed by atoms with E-state index in [0.717, 1.165) is 23.1 Å². The van der Waals surface area contributed by atoms with Crippen molar-refractivity contribution in [3.63, 3.8) is 0 Å². The van der Waals surface area contributed by atoms with Crippen LogP contribution in [0, 0.1) is 0 Å². The summed E-state index contributed by atoms with van der Waals surface area (Å²) in [4.78, 5) is 29.7. The topological polar surface area (TPSA) is 65.6 Å². The van der Waals surface area contributed by atoms with Crippen LogP contribution in [-0.2, 0) is 4.79 Å². The van der Waals surface area contributed by atoms with Gasteiger partial charge in [-0.3, -0.25) is 9.59 Å². The molecule has 21 heavy (non-hydrogen) atoms. The molecule has 0 bridgehead atoms. The van der Waals surface area contributed by atoms with Crippen LogP contribution in [-0.4, -0.2) is 60.4 Å². The summed E-state index contributed by atoms with van der Waals surface area (Å²) < 4.78 is 5.18. The molecule has 1 aliphatic heterocycles. The summed E-state index contributed by atoms with van der Waals surface area (Å²) in [6, 6.07) is 7.49. The molecule has 1 saturated heterocycles. The largest absolute Gasteiger partial charge is 0.497 e. The number of benzene rings is 1. The Bertz CT molecular complexity index is 672. The van der Waals surface area contributed by atoms with Gasteiger partial charge in [-0.1, -0.05) is 0 Å². The van der Waals surface area contributed by atoms with Gasteiger partial charge >= 0.3 is 0 Å². The zero-order valence-electron chi connectivity index (χ0n) is 11.8. The summed E-state index contributed by atoms with van der Waals surface area (Å²) in [5.41, 5.74) is 1.48. The van der Waals surface area contributed by atoms with Crippen molar-refractivity contribution in [2.45, 2.75) is 0 Å². The van der Waals surface area contributed by atoms with Crippen molar-refractivity contribution in [2.75, 3.05) is 33.3 Å². The minimum Gasteiger partial charge on any atom is -0.497 e. The van der Waals surface area contributed by atoms with Crippen LogP contribution in [0.1, 0.15) is 10.5 Å². The van der Waals surface area contributed by atoms with Gasteiger partial charge in [0.15, 0.2) is 0 Å². The van der Waals surface area contributed by atoms with Crippen LogP contribution in [0.2, 0.25) is 0 Å². The van der Waals surface area contributed by atoms with Crippen LogP contribution >= 0.6 is 0 Å². The number of fused-ring (bicyclic) bond motifs is 1. The summed E-state index contributed by atoms with van der Waals surface area (Å²) in [6.07, 6.45) is 0.830. The monoisotopic (exact) mass is 287 g/mol. The maximum absolute atomic E-state index is 12.5. The summed E-state index contributed by atoms with van der Waals surface area (Å²) in [6.45, 7) is 2.30. The molecule has 1 aromatic heterocycles. The summed E-state index contributed by atoms with van der Waals surface area (Å²) in [5, 5.41) is 0.948. The molecule has 2 aromatic rings. The number of hydrogen-bond donors (Lipinski definition) is 1. The molecule has 110 valence electrons. The third-order valence-corrected chi connectivity index (χ3v) is 3.81. The summed E-state index contributed by atoms with van der Waals surface area (Å²) >= 11 is 0. The molecule has 0 saturated carbocycles. The molecule has 1 aromatic carbocycles. The molecule has 0 unspecified atom stereocenters. The predicted octanol–water partition coefficient (Wildman–Crippen LogP) is 1.09. The van der Waals surface area contributed by atoms with Crippen molar-refractivity contribution in [3.8, 4) is 5.75 Å². The number of amides is 2. The van der Waals surface area contributed by atoms with Crippen LogP contribution in [0.5, 0.6) is 5.75 Å². The number of carbonyl (C=O) groups excluding carboxylic acids is 2. The molecule has 0 spiro atoms. The van der Waals surface area contributed by atoms with Gasteiger partial charge in [0.1, 0.15) is 11.4 Å². The second-order valence-corrected chi connectivity index (χ2v) is 5.07. The van der Waals surface area contributed by atoms with Crippen molar-refractivity contribution in [1.82, 2.24) is 14.8 Å². The van der Waals surface area contributed by atoms with Crippen molar-refractivity contribution >= 4 is 23.2 Å². The maximum Gasteiger partial charge on any atom is 0.270 e. The Balaban J connectivity index is 1.80. The van der Waals surface area contributed by atoms with E-state index in [1.165, 1.54) is 0 Å². The lowest BCUT2D eigenvalue weighted by molar-refractivity contribution is -0.119. The Morgan fingerprint density at radius 3 is 2.67 bits per heavy atom. The van der Waals surface area contributed by atoms with Crippen LogP contribution in [0.25, 0.3) is 10.9 Å². The number of rotatable bonds is 3. The Morgan fingerprint density at radius 1 is 1.24 bits per heavy atom. The standard InChI is InChI=1S/C15H17N3O3/c1-21-12-2-3-13-11(8-12)9-14(16-13)15(20)18-6-4-17(10-19)5-7-18/h2-3,8-10,16H,4-7H2,1H3. The molecule has 0 atom stereocenters. The number of aromatic nitrogens is 1. The molecule has 6 heteroatoms. The number of ether oxygens (including phenoxy) is 1. The second kappa shape index (κ2) is 5.47. The van der Waals surface area contributed by atoms with E-state index < -0.39 is 0 Å². The molecule has 2 heterocycles. The van der Waals surface area contributed by atoms with Gasteiger partial charge in [-0.25, -0.2) is 0 Å². The molecule has 0 radical (unpaired) electrons. The van der Waals surface area contributed by atoms with Gasteiger partial charge in [0, 0.05) is 37.1 Å². The fourth-order valence-corrected chi connectivity index (χ4v) is 2.55. The number of aromatic amines is 1. The zero-order chi connectivity index (χ0) is 14.8. The number of H-pyrrole nitrogens is 1. The van der Waals surface area contributed by atoms with Crippen LogP contribution < -0.4 is 4.74 Å². The van der Waals surface area contributed by atoms with E-state index in [4.69, 9.17) is 4.74 Å². The molecule has 6 nitrogen and oxygen atoms in total. The highest BCUT2D eigenvalue weighted by molar-refractivity contribution is 5.98. The average molecular weight is 287 g/mol. The smallest absolute Gasteiger partial charge is 0.270 e. The number of nitrogens with zero attached hydrogens (tertiary/aromatic N) is 2. The molecular formula is C15H17N3O3. The van der Waals surface area contributed by atoms with E-state index >= 15 is 0 Å². The highest BCUT2D eigenvalue weighted by atomic mass is 16.5. The first kappa shape index (κ1) is 13.5. The van der Waals surface area contributed by atoms with Gasteiger partial charge in [0.25, 0.3) is 5.91 Å². The van der Waals surface area contributed by atoms with Gasteiger partial charge in [-0.15, -0.1) is 0 Å². The molecule has 1 fully saturated rings. The number of piperazine rings is 1. The Labute approximate surface area is 122 Å². The van der Waals surface area contributed by atoms with Gasteiger partial charge in [-0.05, 0) is 24.3 Å². The summed E-state index contributed by atoms with van der Waals surface area (Å²) in [5.74, 6) is 0.732. The van der Waals surface area contributed by atoms with Gasteiger partial charge < -0.3 is 19.5 Å². The lowest BCUT2D eigenvalue weighted by Crippen LogP contribution is -2.48. The van der Waals surface area contributed by atoms with E-state index in [1.54, 1.807) is 16.9 Å².